The second-order valence-corrected chi connectivity index (χ2v) is 12.7. The maximum Gasteiger partial charge on any atom is 0.331 e. The summed E-state index contributed by atoms with van der Waals surface area (Å²) in [5, 5.41) is 21.9. The van der Waals surface area contributed by atoms with E-state index in [0.29, 0.717) is 46.8 Å². The van der Waals surface area contributed by atoms with Crippen molar-refractivity contribution in [2.24, 2.45) is 11.8 Å². The van der Waals surface area contributed by atoms with Crippen LogP contribution < -0.4 is 5.32 Å². The van der Waals surface area contributed by atoms with E-state index in [4.69, 9.17) is 4.74 Å². The van der Waals surface area contributed by atoms with Crippen molar-refractivity contribution in [3.8, 4) is 22.5 Å². The largest absolute Gasteiger partial charge is 0.467 e. The molecule has 2 N–H and O–H groups in total. The Morgan fingerprint density at radius 3 is 2.19 bits per heavy atom. The van der Waals surface area contributed by atoms with E-state index in [0.717, 1.165) is 42.4 Å². The topological polar surface area (TPSA) is 150 Å². The van der Waals surface area contributed by atoms with Gasteiger partial charge in [-0.25, -0.2) is 14.2 Å². The number of carbonyl (C=O) groups excluding carboxylic acids is 3. The average molecular weight is 637 g/mol. The summed E-state index contributed by atoms with van der Waals surface area (Å²) in [6, 6.07) is 12.3. The lowest BCUT2D eigenvalue weighted by Crippen LogP contribution is -2.31. The Hall–Kier alpha value is -4.97. The number of benzene rings is 2. The molecule has 0 spiro atoms. The summed E-state index contributed by atoms with van der Waals surface area (Å²) >= 11 is 0. The number of fused-ring (bicyclic) bond motifs is 1. The highest BCUT2D eigenvalue weighted by Crippen LogP contribution is 2.31. The molecule has 12 nitrogen and oxygen atoms in total. The molecule has 0 radical (unpaired) electrons. The molecule has 5 aromatic rings. The van der Waals surface area contributed by atoms with Gasteiger partial charge in [0.05, 0.1) is 19.5 Å². The molecular weight excluding hydrogens is 596 g/mol. The number of esters is 1. The Bertz CT molecular complexity index is 1900. The van der Waals surface area contributed by atoms with E-state index in [1.54, 1.807) is 24.0 Å². The van der Waals surface area contributed by atoms with Crippen LogP contribution in [0.2, 0.25) is 0 Å². The number of H-pyrrole nitrogens is 1. The first kappa shape index (κ1) is 32.0. The highest BCUT2D eigenvalue weighted by molar-refractivity contribution is 6.00. The lowest BCUT2D eigenvalue weighted by Gasteiger charge is -2.21. The minimum Gasteiger partial charge on any atom is -0.467 e. The van der Waals surface area contributed by atoms with Crippen LogP contribution in [0.3, 0.4) is 0 Å². The number of carbonyl (C=O) groups is 3. The molecule has 2 aromatic carbocycles. The second-order valence-electron chi connectivity index (χ2n) is 12.7. The van der Waals surface area contributed by atoms with Crippen LogP contribution in [0, 0.1) is 11.8 Å². The van der Waals surface area contributed by atoms with Crippen LogP contribution in [0.15, 0.2) is 61.1 Å². The number of Topliss-reactive ketones (excluding diaryl/α,β-unsaturated/α-hetero) is 2. The third-order valence-electron chi connectivity index (χ3n) is 8.90. The summed E-state index contributed by atoms with van der Waals surface area (Å²) < 4.78 is 8.30. The van der Waals surface area contributed by atoms with Crippen molar-refractivity contribution < 1.29 is 19.1 Å². The first-order chi connectivity index (χ1) is 22.7. The van der Waals surface area contributed by atoms with Crippen molar-refractivity contribution in [2.75, 3.05) is 20.2 Å². The van der Waals surface area contributed by atoms with Gasteiger partial charge in [0.1, 0.15) is 17.4 Å². The van der Waals surface area contributed by atoms with Gasteiger partial charge in [-0.15, -0.1) is 10.2 Å². The molecule has 6 rings (SSSR count). The van der Waals surface area contributed by atoms with E-state index in [-0.39, 0.29) is 17.5 Å². The van der Waals surface area contributed by atoms with Crippen LogP contribution in [0.5, 0.6) is 0 Å². The minimum atomic E-state index is -0.760. The smallest absolute Gasteiger partial charge is 0.331 e. The highest BCUT2D eigenvalue weighted by Gasteiger charge is 2.27. The van der Waals surface area contributed by atoms with Crippen LogP contribution in [0.4, 0.5) is 0 Å². The maximum absolute atomic E-state index is 13.8. The van der Waals surface area contributed by atoms with Crippen molar-refractivity contribution in [1.29, 1.82) is 0 Å². The Balaban J connectivity index is 1.37. The fourth-order valence-electron chi connectivity index (χ4n) is 6.34. The van der Waals surface area contributed by atoms with Gasteiger partial charge in [0.2, 0.25) is 0 Å². The zero-order chi connectivity index (χ0) is 33.1. The van der Waals surface area contributed by atoms with Gasteiger partial charge in [-0.2, -0.15) is 0 Å². The third kappa shape index (κ3) is 6.92. The van der Waals surface area contributed by atoms with Gasteiger partial charge in [-0.1, -0.05) is 42.5 Å². The number of para-hydroxylation sites is 1. The van der Waals surface area contributed by atoms with E-state index in [1.807, 2.05) is 48.7 Å². The van der Waals surface area contributed by atoms with Crippen molar-refractivity contribution in [3.05, 3.63) is 72.2 Å². The van der Waals surface area contributed by atoms with Gasteiger partial charge < -0.3 is 15.0 Å². The summed E-state index contributed by atoms with van der Waals surface area (Å²) in [7, 11) is 1.36. The van der Waals surface area contributed by atoms with E-state index < -0.39 is 18.1 Å². The number of nitrogens with zero attached hydrogens (tertiary/aromatic N) is 6. The van der Waals surface area contributed by atoms with Crippen LogP contribution in [-0.4, -0.2) is 72.7 Å². The van der Waals surface area contributed by atoms with Gasteiger partial charge in [0, 0.05) is 46.1 Å². The van der Waals surface area contributed by atoms with Crippen LogP contribution in [-0.2, 0) is 20.7 Å². The number of rotatable bonds is 12. The zero-order valence-electron chi connectivity index (χ0n) is 27.1. The molecule has 0 unspecified atom stereocenters. The second kappa shape index (κ2) is 13.8. The SMILES string of the molecule is COC(=O)[C@H](Cc1c[nH]c2ccccc12)n1cc(-c2cc(C(=O)C3CCNCC3)cc(-c3cn([C@@H](CC(C)C)C(C)=O)nn3)c2)nn1. The summed E-state index contributed by atoms with van der Waals surface area (Å²) in [5.74, 6) is -0.182. The lowest BCUT2D eigenvalue weighted by molar-refractivity contribution is -0.145. The molecule has 0 saturated carbocycles. The lowest BCUT2D eigenvalue weighted by atomic mass is 9.88. The van der Waals surface area contributed by atoms with E-state index in [9.17, 15) is 14.4 Å². The zero-order valence-corrected chi connectivity index (χ0v) is 27.1. The summed E-state index contributed by atoms with van der Waals surface area (Å²) in [6.45, 7) is 7.27. The Labute approximate surface area is 272 Å². The van der Waals surface area contributed by atoms with E-state index in [1.165, 1.54) is 11.8 Å². The molecule has 2 atom stereocenters. The Morgan fingerprint density at radius 1 is 0.936 bits per heavy atom. The van der Waals surface area contributed by atoms with Crippen LogP contribution in [0.25, 0.3) is 33.4 Å². The molecule has 1 aliphatic heterocycles. The Kier molecular flexibility index (Phi) is 9.39. The number of nitrogens with one attached hydrogen (secondary N) is 2. The van der Waals surface area contributed by atoms with E-state index in [2.05, 4.69) is 44.8 Å². The van der Waals surface area contributed by atoms with Crippen LogP contribution >= 0.6 is 0 Å². The number of hydrogen-bond donors (Lipinski definition) is 2. The number of aromatic nitrogens is 7. The van der Waals surface area contributed by atoms with Crippen molar-refractivity contribution in [3.63, 3.8) is 0 Å². The molecule has 47 heavy (non-hydrogen) atoms. The number of hydrogen-bond acceptors (Lipinski definition) is 9. The first-order valence-electron chi connectivity index (χ1n) is 16.1. The van der Waals surface area contributed by atoms with Crippen molar-refractivity contribution in [1.82, 2.24) is 40.3 Å². The quantitative estimate of drug-likeness (QED) is 0.142. The molecule has 0 bridgehead atoms. The fraction of sp³-hybridized carbons (Fsp3) is 0.400. The monoisotopic (exact) mass is 636 g/mol. The van der Waals surface area contributed by atoms with Crippen molar-refractivity contribution in [2.45, 2.75) is 58.5 Å². The molecule has 12 heteroatoms. The molecule has 244 valence electrons. The minimum absolute atomic E-state index is 0.00934. The van der Waals surface area contributed by atoms with E-state index >= 15 is 0 Å². The molecule has 1 fully saturated rings. The Morgan fingerprint density at radius 2 is 1.57 bits per heavy atom. The summed E-state index contributed by atoms with van der Waals surface area (Å²) in [4.78, 5) is 42.6. The number of piperidine rings is 1. The van der Waals surface area contributed by atoms with Crippen LogP contribution in [0.1, 0.15) is 68.0 Å². The first-order valence-corrected chi connectivity index (χ1v) is 16.1. The molecule has 1 saturated heterocycles. The van der Waals surface area contributed by atoms with Gasteiger partial charge >= 0.3 is 5.97 Å². The third-order valence-corrected chi connectivity index (χ3v) is 8.90. The number of ether oxygens (including phenoxy) is 1. The fourth-order valence-corrected chi connectivity index (χ4v) is 6.34. The molecule has 4 heterocycles. The van der Waals surface area contributed by atoms with Gasteiger partial charge in [-0.05, 0) is 75.0 Å². The normalized spacial score (nSPS) is 15.2. The highest BCUT2D eigenvalue weighted by atomic mass is 16.5. The summed E-state index contributed by atoms with van der Waals surface area (Å²) in [6.07, 6.45) is 7.86. The van der Waals surface area contributed by atoms with Crippen molar-refractivity contribution >= 4 is 28.4 Å². The molecule has 1 aliphatic rings. The standard InChI is InChI=1S/C35H40N8O4/c1-21(2)13-32(22(3)44)42-19-30(38-40-42)24-14-25(16-26(15-24)34(45)23-9-11-36-12-10-23)31-20-43(41-39-31)33(35(46)47-4)17-27-18-37-29-8-6-5-7-28(27)29/h5-8,14-16,18-21,23,32-33,36-37H,9-13,17H2,1-4H3/t32-,33-/m0/s1. The summed E-state index contributed by atoms with van der Waals surface area (Å²) in [5.41, 5.74) is 4.84. The molecule has 3 aromatic heterocycles. The molecule has 0 aliphatic carbocycles. The molecular formula is C35H40N8O4. The predicted molar refractivity (Wildman–Crippen MR) is 177 cm³/mol. The van der Waals surface area contributed by atoms with Gasteiger partial charge in [0.25, 0.3) is 0 Å². The maximum atomic E-state index is 13.8. The average Bonchev–Trinajstić information content (AvgIpc) is 3.86. The van der Waals surface area contributed by atoms with Gasteiger partial charge in [-0.3, -0.25) is 9.59 Å². The molecule has 0 amide bonds. The number of methoxy groups -OCH3 is 1. The predicted octanol–water partition coefficient (Wildman–Crippen LogP) is 5.00. The van der Waals surface area contributed by atoms with Gasteiger partial charge in [0.15, 0.2) is 17.6 Å². The number of ketones is 2. The number of aromatic amines is 1.